The van der Waals surface area contributed by atoms with Crippen molar-refractivity contribution >= 4 is 0 Å². The van der Waals surface area contributed by atoms with Gasteiger partial charge in [0, 0.05) is 0 Å². The highest BCUT2D eigenvalue weighted by Gasteiger charge is 2.13. The highest BCUT2D eigenvalue weighted by Crippen LogP contribution is 2.03. The Bertz CT molecular complexity index is 27.5. The molecule has 1 saturated heterocycles. The first-order chi connectivity index (χ1) is 1.89. The van der Waals surface area contributed by atoms with Crippen molar-refractivity contribution in [2.45, 2.75) is 6.10 Å². The van der Waals surface area contributed by atoms with E-state index in [1.807, 2.05) is 0 Å². The molecule has 1 atom stereocenters. The molecule has 9 heavy (non-hydrogen) atoms. The zero-order valence-corrected chi connectivity index (χ0v) is 4.90. The first kappa shape index (κ1) is 37.3. The molecule has 63 valence electrons. The molecule has 0 amide bonds. The van der Waals surface area contributed by atoms with Crippen molar-refractivity contribution in [3.05, 3.63) is 6.92 Å². The molecule has 1 heterocycles. The van der Waals surface area contributed by atoms with Crippen LogP contribution in [0.1, 0.15) is 0 Å². The minimum absolute atomic E-state index is 0. The zero-order chi connectivity index (χ0) is 2.99. The minimum Gasteiger partial charge on any atom is -0.412 e. The molecule has 1 unspecified atom stereocenters. The van der Waals surface area contributed by atoms with E-state index < -0.39 is 0 Å². The Morgan fingerprint density at radius 2 is 1.11 bits per heavy atom. The average Bonchev–Trinajstić information content (AvgIpc) is 1.75. The molecule has 0 aromatic rings. The van der Waals surface area contributed by atoms with Gasteiger partial charge in [0.2, 0.25) is 0 Å². The average molecular weight is 147 g/mol. The van der Waals surface area contributed by atoms with Gasteiger partial charge in [-0.25, -0.2) is 0 Å². The maximum absolute atomic E-state index is 4.60. The molecule has 1 rings (SSSR count). The molecule has 6 heteroatoms. The molecule has 6 nitrogen and oxygen atoms in total. The van der Waals surface area contributed by atoms with Crippen molar-refractivity contribution in [1.82, 2.24) is 0 Å². The van der Waals surface area contributed by atoms with Crippen LogP contribution in [0.25, 0.3) is 0 Å². The molecule has 0 aliphatic carbocycles. The fraction of sp³-hybridized carbons (Fsp3) is 0.667. The summed E-state index contributed by atoms with van der Waals surface area (Å²) in [6.07, 6.45) is 0.333. The van der Waals surface area contributed by atoms with E-state index in [9.17, 15) is 0 Å². The van der Waals surface area contributed by atoms with E-state index in [1.54, 1.807) is 0 Å². The fourth-order valence-electron chi connectivity index (χ4n) is 0.0680. The first-order valence-corrected chi connectivity index (χ1v) is 1.34. The third-order valence-corrected chi connectivity index (χ3v) is 0.402. The molecule has 0 spiro atoms. The fourth-order valence-corrected chi connectivity index (χ4v) is 0.0680. The minimum atomic E-state index is 0. The van der Waals surface area contributed by atoms with Gasteiger partial charge in [0.1, 0.15) is 0 Å². The molecule has 0 aromatic carbocycles. The molecular weight excluding hydrogens is 132 g/mol. The Labute approximate surface area is 53.0 Å². The molecular formula is C3H15O6. The highest BCUT2D eigenvalue weighted by molar-refractivity contribution is 4.69. The molecule has 1 fully saturated rings. The Morgan fingerprint density at radius 3 is 1.11 bits per heavy atom. The van der Waals surface area contributed by atoms with Crippen molar-refractivity contribution in [2.24, 2.45) is 0 Å². The van der Waals surface area contributed by atoms with Gasteiger partial charge in [0.25, 0.3) is 0 Å². The van der Waals surface area contributed by atoms with Crippen LogP contribution in [-0.2, 0) is 4.74 Å². The van der Waals surface area contributed by atoms with E-state index in [1.165, 1.54) is 0 Å². The van der Waals surface area contributed by atoms with E-state index in [-0.39, 0.29) is 27.4 Å². The molecule has 10 N–H and O–H groups in total. The van der Waals surface area contributed by atoms with Crippen LogP contribution in [0.4, 0.5) is 0 Å². The van der Waals surface area contributed by atoms with Crippen LogP contribution in [0, 0.1) is 6.92 Å². The molecule has 0 saturated carbocycles. The Balaban J connectivity index is -0.0000000107. The quantitative estimate of drug-likeness (QED) is 0.313. The van der Waals surface area contributed by atoms with Gasteiger partial charge in [-0.1, -0.05) is 0 Å². The smallest absolute Gasteiger partial charge is 0.0810 e. The first-order valence-electron chi connectivity index (χ1n) is 1.34. The largest absolute Gasteiger partial charge is 0.412 e. The molecule has 1 radical (unpaired) electrons. The lowest BCUT2D eigenvalue weighted by Gasteiger charge is -1.50. The summed E-state index contributed by atoms with van der Waals surface area (Å²) in [7, 11) is 0. The van der Waals surface area contributed by atoms with Gasteiger partial charge in [-0.15, -0.1) is 0 Å². The summed E-state index contributed by atoms with van der Waals surface area (Å²) in [5.74, 6) is 0. The van der Waals surface area contributed by atoms with Crippen LogP contribution in [0.15, 0.2) is 0 Å². The number of ether oxygens (including phenoxy) is 1. The third-order valence-electron chi connectivity index (χ3n) is 0.402. The van der Waals surface area contributed by atoms with Gasteiger partial charge < -0.3 is 32.1 Å². The van der Waals surface area contributed by atoms with Crippen molar-refractivity contribution in [3.63, 3.8) is 0 Å². The molecule has 1 aliphatic heterocycles. The van der Waals surface area contributed by atoms with Crippen molar-refractivity contribution in [3.8, 4) is 0 Å². The Morgan fingerprint density at radius 1 is 1.00 bits per heavy atom. The van der Waals surface area contributed by atoms with Crippen molar-refractivity contribution in [1.29, 1.82) is 0 Å². The predicted octanol–water partition coefficient (Wildman–Crippen LogP) is -3.90. The monoisotopic (exact) mass is 147 g/mol. The summed E-state index contributed by atoms with van der Waals surface area (Å²) in [5, 5.41) is 0. The second kappa shape index (κ2) is 15.7. The topological polar surface area (TPSA) is 170 Å². The lowest BCUT2D eigenvalue weighted by atomic mass is 10.6. The number of hydrogen-bond acceptors (Lipinski definition) is 1. The Kier molecular flexibility index (Phi) is 64.9. The SMILES string of the molecule is O.O.O.O.O.[CH2]C1CO1. The van der Waals surface area contributed by atoms with E-state index in [0.29, 0.717) is 6.10 Å². The summed E-state index contributed by atoms with van der Waals surface area (Å²) in [5.41, 5.74) is 0. The number of hydrogen-bond donors (Lipinski definition) is 0. The predicted molar refractivity (Wildman–Crippen MR) is 33.2 cm³/mol. The Hall–Kier alpha value is -0.240. The summed E-state index contributed by atoms with van der Waals surface area (Å²) in [4.78, 5) is 0. The maximum atomic E-state index is 4.60. The van der Waals surface area contributed by atoms with Gasteiger partial charge in [0.05, 0.1) is 12.7 Å². The lowest BCUT2D eigenvalue weighted by Crippen LogP contribution is -1.61. The second-order valence-corrected chi connectivity index (χ2v) is 0.955. The van der Waals surface area contributed by atoms with Gasteiger partial charge in [0.15, 0.2) is 0 Å². The van der Waals surface area contributed by atoms with Crippen LogP contribution in [0.5, 0.6) is 0 Å². The van der Waals surface area contributed by atoms with E-state index in [4.69, 9.17) is 0 Å². The molecule has 0 aromatic heterocycles. The maximum Gasteiger partial charge on any atom is 0.0810 e. The van der Waals surface area contributed by atoms with Crippen molar-refractivity contribution in [2.75, 3.05) is 6.61 Å². The molecule has 1 aliphatic rings. The normalized spacial score (nSPS) is 17.7. The van der Waals surface area contributed by atoms with Crippen LogP contribution in [0.3, 0.4) is 0 Å². The highest BCUT2D eigenvalue weighted by atomic mass is 16.6. The van der Waals surface area contributed by atoms with Crippen LogP contribution >= 0.6 is 0 Å². The van der Waals surface area contributed by atoms with E-state index >= 15 is 0 Å². The van der Waals surface area contributed by atoms with Gasteiger partial charge in [-0.2, -0.15) is 0 Å². The summed E-state index contributed by atoms with van der Waals surface area (Å²) < 4.78 is 4.60. The van der Waals surface area contributed by atoms with E-state index in [0.717, 1.165) is 6.61 Å². The second-order valence-electron chi connectivity index (χ2n) is 0.955. The van der Waals surface area contributed by atoms with E-state index in [2.05, 4.69) is 11.7 Å². The van der Waals surface area contributed by atoms with Crippen LogP contribution < -0.4 is 0 Å². The van der Waals surface area contributed by atoms with Crippen LogP contribution in [0.2, 0.25) is 0 Å². The number of rotatable bonds is 0. The zero-order valence-electron chi connectivity index (χ0n) is 4.90. The standard InChI is InChI=1S/C3H5O.5H2O/c1-3-2-4-3;;;;;/h3H,1-2H2;5*1H2. The van der Waals surface area contributed by atoms with Gasteiger partial charge in [-0.3, -0.25) is 0 Å². The van der Waals surface area contributed by atoms with Crippen LogP contribution in [-0.4, -0.2) is 40.1 Å². The lowest BCUT2D eigenvalue weighted by molar-refractivity contribution is 0.439. The van der Waals surface area contributed by atoms with Gasteiger partial charge in [-0.05, 0) is 6.92 Å². The summed E-state index contributed by atoms with van der Waals surface area (Å²) >= 11 is 0. The summed E-state index contributed by atoms with van der Waals surface area (Å²) in [6.45, 7) is 4.40. The van der Waals surface area contributed by atoms with Crippen molar-refractivity contribution < 1.29 is 32.1 Å². The number of epoxide rings is 1. The summed E-state index contributed by atoms with van der Waals surface area (Å²) in [6, 6.07) is 0. The third kappa shape index (κ3) is 33.8. The molecule has 0 bridgehead atoms. The van der Waals surface area contributed by atoms with Gasteiger partial charge >= 0.3 is 0 Å².